The zero-order chi connectivity index (χ0) is 11.6. The van der Waals surface area contributed by atoms with Crippen molar-refractivity contribution in [3.8, 4) is 0 Å². The van der Waals surface area contributed by atoms with Gasteiger partial charge in [0.05, 0.1) is 0 Å². The highest BCUT2D eigenvalue weighted by atomic mass is 16.2. The van der Waals surface area contributed by atoms with Gasteiger partial charge < -0.3 is 10.3 Å². The predicted molar refractivity (Wildman–Crippen MR) is 59.1 cm³/mol. The third-order valence-corrected chi connectivity index (χ3v) is 2.01. The molecule has 0 radical (unpaired) electrons. The highest BCUT2D eigenvalue weighted by molar-refractivity contribution is 5.95. The average Bonchev–Trinajstić information content (AvgIpc) is 1.99. The van der Waals surface area contributed by atoms with E-state index in [0.29, 0.717) is 5.56 Å². The molecular formula is C11H16N2O2. The molecule has 1 rings (SSSR count). The first kappa shape index (κ1) is 11.5. The van der Waals surface area contributed by atoms with Gasteiger partial charge in [0, 0.05) is 11.7 Å². The summed E-state index contributed by atoms with van der Waals surface area (Å²) in [7, 11) is 0. The Morgan fingerprint density at radius 1 is 1.40 bits per heavy atom. The molecule has 0 unspecified atom stereocenters. The fraction of sp³-hybridized carbons (Fsp3) is 0.455. The van der Waals surface area contributed by atoms with Gasteiger partial charge in [-0.2, -0.15) is 0 Å². The molecule has 2 N–H and O–H groups in total. The molecule has 0 bridgehead atoms. The van der Waals surface area contributed by atoms with Crippen LogP contribution in [-0.2, 0) is 0 Å². The molecule has 15 heavy (non-hydrogen) atoms. The molecule has 0 aliphatic heterocycles. The van der Waals surface area contributed by atoms with Gasteiger partial charge in [0.15, 0.2) is 0 Å². The number of aryl methyl sites for hydroxylation is 2. The first-order valence-corrected chi connectivity index (χ1v) is 4.93. The lowest BCUT2D eigenvalue weighted by molar-refractivity contribution is 0.0941. The van der Waals surface area contributed by atoms with Gasteiger partial charge in [-0.3, -0.25) is 9.59 Å². The second-order valence-corrected chi connectivity index (χ2v) is 3.97. The van der Waals surface area contributed by atoms with Gasteiger partial charge in [0.2, 0.25) is 0 Å². The Morgan fingerprint density at radius 3 is 2.47 bits per heavy atom. The Hall–Kier alpha value is -1.58. The number of pyridine rings is 1. The number of H-pyrrole nitrogens is 1. The van der Waals surface area contributed by atoms with E-state index in [1.807, 2.05) is 13.8 Å². The SMILES string of the molecule is Cc1cc(C)c(C(=O)NC(C)C)c(=O)[nH]1. The lowest BCUT2D eigenvalue weighted by atomic mass is 10.1. The molecule has 1 aromatic rings. The zero-order valence-electron chi connectivity index (χ0n) is 9.47. The van der Waals surface area contributed by atoms with Crippen LogP contribution in [-0.4, -0.2) is 16.9 Å². The van der Waals surface area contributed by atoms with E-state index in [9.17, 15) is 9.59 Å². The van der Waals surface area contributed by atoms with E-state index in [1.54, 1.807) is 19.9 Å². The van der Waals surface area contributed by atoms with E-state index in [1.165, 1.54) is 0 Å². The van der Waals surface area contributed by atoms with Crippen molar-refractivity contribution in [2.45, 2.75) is 33.7 Å². The smallest absolute Gasteiger partial charge is 0.261 e. The van der Waals surface area contributed by atoms with Gasteiger partial charge in [0.25, 0.3) is 11.5 Å². The van der Waals surface area contributed by atoms with Crippen molar-refractivity contribution >= 4 is 5.91 Å². The Balaban J connectivity index is 3.15. The fourth-order valence-corrected chi connectivity index (χ4v) is 1.47. The van der Waals surface area contributed by atoms with Crippen LogP contribution in [0.2, 0.25) is 0 Å². The summed E-state index contributed by atoms with van der Waals surface area (Å²) in [5.74, 6) is -0.316. The number of amides is 1. The molecule has 1 heterocycles. The first-order valence-electron chi connectivity index (χ1n) is 4.93. The number of aromatic amines is 1. The lowest BCUT2D eigenvalue weighted by Crippen LogP contribution is -2.35. The first-order chi connectivity index (χ1) is 6.91. The maximum Gasteiger partial charge on any atom is 0.261 e. The number of aromatic nitrogens is 1. The highest BCUT2D eigenvalue weighted by Gasteiger charge is 2.14. The number of carbonyl (C=O) groups is 1. The van der Waals surface area contributed by atoms with Crippen molar-refractivity contribution in [2.24, 2.45) is 0 Å². The van der Waals surface area contributed by atoms with Crippen LogP contribution in [0.3, 0.4) is 0 Å². The minimum Gasteiger partial charge on any atom is -0.350 e. The zero-order valence-corrected chi connectivity index (χ0v) is 9.47. The third kappa shape index (κ3) is 2.68. The largest absolute Gasteiger partial charge is 0.350 e. The number of rotatable bonds is 2. The van der Waals surface area contributed by atoms with Crippen LogP contribution in [0.1, 0.15) is 35.5 Å². The molecule has 0 aliphatic rings. The standard InChI is InChI=1S/C11H16N2O2/c1-6(2)12-10(14)9-7(3)5-8(4)13-11(9)15/h5-6H,1-4H3,(H,12,14)(H,13,15). The summed E-state index contributed by atoms with van der Waals surface area (Å²) in [4.78, 5) is 25.9. The van der Waals surface area contributed by atoms with Crippen molar-refractivity contribution in [3.05, 3.63) is 33.2 Å². The van der Waals surface area contributed by atoms with E-state index < -0.39 is 0 Å². The van der Waals surface area contributed by atoms with Crippen LogP contribution in [0.4, 0.5) is 0 Å². The topological polar surface area (TPSA) is 62.0 Å². The monoisotopic (exact) mass is 208 g/mol. The van der Waals surface area contributed by atoms with Crippen molar-refractivity contribution in [2.75, 3.05) is 0 Å². The van der Waals surface area contributed by atoms with Gasteiger partial charge in [-0.1, -0.05) is 0 Å². The van der Waals surface area contributed by atoms with Crippen LogP contribution < -0.4 is 10.9 Å². The van der Waals surface area contributed by atoms with Crippen molar-refractivity contribution < 1.29 is 4.79 Å². The normalized spacial score (nSPS) is 10.5. The van der Waals surface area contributed by atoms with Crippen LogP contribution in [0.15, 0.2) is 10.9 Å². The molecule has 0 saturated heterocycles. The van der Waals surface area contributed by atoms with E-state index in [0.717, 1.165) is 5.69 Å². The fourth-order valence-electron chi connectivity index (χ4n) is 1.47. The molecule has 82 valence electrons. The van der Waals surface area contributed by atoms with Crippen molar-refractivity contribution in [1.29, 1.82) is 0 Å². The van der Waals surface area contributed by atoms with E-state index in [-0.39, 0.29) is 23.1 Å². The van der Waals surface area contributed by atoms with E-state index in [2.05, 4.69) is 10.3 Å². The molecular weight excluding hydrogens is 192 g/mol. The molecule has 0 spiro atoms. The summed E-state index contributed by atoms with van der Waals surface area (Å²) < 4.78 is 0. The van der Waals surface area contributed by atoms with Crippen LogP contribution in [0, 0.1) is 13.8 Å². The average molecular weight is 208 g/mol. The Labute approximate surface area is 88.7 Å². The molecule has 0 aliphatic carbocycles. The molecule has 4 heteroatoms. The second-order valence-electron chi connectivity index (χ2n) is 3.97. The van der Waals surface area contributed by atoms with E-state index >= 15 is 0 Å². The number of nitrogens with one attached hydrogen (secondary N) is 2. The molecule has 4 nitrogen and oxygen atoms in total. The summed E-state index contributed by atoms with van der Waals surface area (Å²) in [5, 5.41) is 2.70. The van der Waals surface area contributed by atoms with Crippen LogP contribution in [0.5, 0.6) is 0 Å². The minimum atomic E-state index is -0.328. The molecule has 1 amide bonds. The van der Waals surface area contributed by atoms with E-state index in [4.69, 9.17) is 0 Å². The molecule has 1 aromatic heterocycles. The number of hydrogen-bond donors (Lipinski definition) is 2. The maximum atomic E-state index is 11.7. The van der Waals surface area contributed by atoms with Gasteiger partial charge in [-0.25, -0.2) is 0 Å². The Morgan fingerprint density at radius 2 is 2.00 bits per heavy atom. The van der Waals surface area contributed by atoms with Gasteiger partial charge in [-0.05, 0) is 39.3 Å². The lowest BCUT2D eigenvalue weighted by Gasteiger charge is -2.09. The quantitative estimate of drug-likeness (QED) is 0.765. The van der Waals surface area contributed by atoms with Crippen molar-refractivity contribution in [3.63, 3.8) is 0 Å². The molecule has 0 saturated carbocycles. The molecule has 0 atom stereocenters. The molecule has 0 fully saturated rings. The van der Waals surface area contributed by atoms with Gasteiger partial charge in [-0.15, -0.1) is 0 Å². The second kappa shape index (κ2) is 4.29. The third-order valence-electron chi connectivity index (χ3n) is 2.01. The summed E-state index contributed by atoms with van der Waals surface area (Å²) >= 11 is 0. The predicted octanol–water partition coefficient (Wildman–Crippen LogP) is 1.13. The van der Waals surface area contributed by atoms with Gasteiger partial charge in [0.1, 0.15) is 5.56 Å². The minimum absolute atomic E-state index is 0.0256. The summed E-state index contributed by atoms with van der Waals surface area (Å²) in [5.41, 5.74) is 1.34. The maximum absolute atomic E-state index is 11.7. The van der Waals surface area contributed by atoms with Crippen molar-refractivity contribution in [1.82, 2.24) is 10.3 Å². The highest BCUT2D eigenvalue weighted by Crippen LogP contribution is 2.03. The summed E-state index contributed by atoms with van der Waals surface area (Å²) in [6, 6.07) is 1.81. The Bertz CT molecular complexity index is 433. The molecule has 0 aromatic carbocycles. The van der Waals surface area contributed by atoms with Gasteiger partial charge >= 0.3 is 0 Å². The Kier molecular flexibility index (Phi) is 3.29. The number of hydrogen-bond acceptors (Lipinski definition) is 2. The number of carbonyl (C=O) groups excluding carboxylic acids is 1. The van der Waals surface area contributed by atoms with Crippen LogP contribution in [0.25, 0.3) is 0 Å². The summed E-state index contributed by atoms with van der Waals surface area (Å²) in [6.07, 6.45) is 0. The summed E-state index contributed by atoms with van der Waals surface area (Å²) in [6.45, 7) is 7.27. The van der Waals surface area contributed by atoms with Crippen LogP contribution >= 0.6 is 0 Å².